The highest BCUT2D eigenvalue weighted by Gasteiger charge is 2.23. The van der Waals surface area contributed by atoms with Gasteiger partial charge in [-0.3, -0.25) is 5.10 Å². The summed E-state index contributed by atoms with van der Waals surface area (Å²) in [7, 11) is 0. The van der Waals surface area contributed by atoms with Crippen molar-refractivity contribution in [3.05, 3.63) is 121 Å². The molecular weight excluding hydrogens is 889 g/mol. The van der Waals surface area contributed by atoms with Crippen LogP contribution in [0.4, 0.5) is 4.79 Å². The van der Waals surface area contributed by atoms with Gasteiger partial charge in [-0.15, -0.1) is 0 Å². The summed E-state index contributed by atoms with van der Waals surface area (Å²) in [5.41, 5.74) is 10.2. The van der Waals surface area contributed by atoms with Gasteiger partial charge in [-0.25, -0.2) is 19.4 Å². The Hall–Kier alpha value is -7.85. The third-order valence-corrected chi connectivity index (χ3v) is 10.3. The molecular formula is C48H52N12O9. The second kappa shape index (κ2) is 22.3. The van der Waals surface area contributed by atoms with E-state index in [1.807, 2.05) is 59.3 Å². The molecule has 358 valence electrons. The summed E-state index contributed by atoms with van der Waals surface area (Å²) in [5, 5.41) is 40.5. The van der Waals surface area contributed by atoms with Gasteiger partial charge in [0.05, 0.1) is 30.6 Å². The molecule has 0 spiro atoms. The number of ether oxygens (including phenoxy) is 4. The standard InChI is InChI=1S/C29H34N6O6.C19H18N6O3/c1-29(2,3)40-28(37)32-21(18-36)16-25-33-27(34-41-25)19-7-10-22(11-8-19)39-24-12-9-20(17-30-24)23-13-14-31-35(23)26-6-4-5-15-38-26;20-14(11-26)9-18-23-19(25-28-18)12-1-4-15(5-2-12)27-17-6-3-13(10-21-17)16-7-8-22-24-16/h7-14,17,21,26,36H,4-6,15-16,18H2,1-3H3,(H,32,37);1-8,10,14,26H,9,11,20H2,(H,22,24)/t21-,26?;14-/m00/s1. The van der Waals surface area contributed by atoms with Crippen LogP contribution in [0.2, 0.25) is 0 Å². The molecule has 0 aliphatic carbocycles. The number of hydrogen-bond donors (Lipinski definition) is 5. The molecule has 1 amide bonds. The lowest BCUT2D eigenvalue weighted by atomic mass is 10.1. The zero-order valence-corrected chi connectivity index (χ0v) is 38.1. The van der Waals surface area contributed by atoms with Crippen molar-refractivity contribution in [2.24, 2.45) is 5.73 Å². The number of alkyl carbamates (subject to hydrolysis) is 1. The van der Waals surface area contributed by atoms with Crippen LogP contribution >= 0.6 is 0 Å². The Balaban J connectivity index is 0.000000200. The maximum Gasteiger partial charge on any atom is 0.407 e. The SMILES string of the molecule is CC(C)(C)OC(=O)N[C@H](CO)Cc1nc(-c2ccc(Oc3ccc(-c4ccnn4C4CCCCO4)cn3)cc2)no1.N[C@H](CO)Cc1nc(-c2ccc(Oc3ccc(-c4ccn[nH]4)cn3)cc2)no1. The van der Waals surface area contributed by atoms with E-state index in [1.165, 1.54) is 0 Å². The number of pyridine rings is 2. The van der Waals surface area contributed by atoms with E-state index in [4.69, 9.17) is 38.8 Å². The summed E-state index contributed by atoms with van der Waals surface area (Å²) in [6, 6.07) is 24.7. The molecule has 3 atom stereocenters. The van der Waals surface area contributed by atoms with Gasteiger partial charge < -0.3 is 49.3 Å². The monoisotopic (exact) mass is 940 g/mol. The molecule has 6 aromatic heterocycles. The van der Waals surface area contributed by atoms with Crippen LogP contribution in [0.15, 0.2) is 119 Å². The van der Waals surface area contributed by atoms with E-state index >= 15 is 0 Å². The number of nitrogens with one attached hydrogen (secondary N) is 2. The van der Waals surface area contributed by atoms with Gasteiger partial charge in [0.15, 0.2) is 6.23 Å². The van der Waals surface area contributed by atoms with Crippen molar-refractivity contribution >= 4 is 6.09 Å². The van der Waals surface area contributed by atoms with E-state index < -0.39 is 23.8 Å². The van der Waals surface area contributed by atoms with E-state index in [2.05, 4.69) is 50.9 Å². The lowest BCUT2D eigenvalue weighted by Crippen LogP contribution is -2.42. The highest BCUT2D eigenvalue weighted by molar-refractivity contribution is 5.68. The maximum atomic E-state index is 12.0. The first-order valence-electron chi connectivity index (χ1n) is 22.2. The zero-order chi connectivity index (χ0) is 48.2. The second-order valence-electron chi connectivity index (χ2n) is 16.9. The summed E-state index contributed by atoms with van der Waals surface area (Å²) in [6.45, 7) is 5.59. The summed E-state index contributed by atoms with van der Waals surface area (Å²) in [6.07, 6.45) is 9.89. The van der Waals surface area contributed by atoms with Crippen LogP contribution in [-0.2, 0) is 22.3 Å². The molecule has 21 heteroatoms. The van der Waals surface area contributed by atoms with Crippen LogP contribution in [0.1, 0.15) is 58.0 Å². The van der Waals surface area contributed by atoms with Gasteiger partial charge in [0.1, 0.15) is 17.1 Å². The largest absolute Gasteiger partial charge is 0.444 e. The third-order valence-electron chi connectivity index (χ3n) is 10.3. The Morgan fingerprint density at radius 1 is 0.783 bits per heavy atom. The van der Waals surface area contributed by atoms with Gasteiger partial charge in [0.2, 0.25) is 35.2 Å². The Labute approximate surface area is 396 Å². The van der Waals surface area contributed by atoms with Crippen LogP contribution in [0, 0.1) is 0 Å². The molecule has 21 nitrogen and oxygen atoms in total. The second-order valence-corrected chi connectivity index (χ2v) is 16.9. The van der Waals surface area contributed by atoms with E-state index in [0.29, 0.717) is 47.2 Å². The van der Waals surface area contributed by atoms with E-state index in [-0.39, 0.29) is 31.8 Å². The van der Waals surface area contributed by atoms with E-state index in [9.17, 15) is 9.90 Å². The predicted octanol–water partition coefficient (Wildman–Crippen LogP) is 7.09. The molecule has 0 saturated carbocycles. The number of aromatic amines is 1. The number of rotatable bonds is 16. The topological polar surface area (TPSA) is 283 Å². The minimum atomic E-state index is -0.647. The predicted molar refractivity (Wildman–Crippen MR) is 248 cm³/mol. The number of H-pyrrole nitrogens is 1. The highest BCUT2D eigenvalue weighted by atomic mass is 16.6. The highest BCUT2D eigenvalue weighted by Crippen LogP contribution is 2.30. The lowest BCUT2D eigenvalue weighted by molar-refractivity contribution is -0.0383. The molecule has 1 aliphatic heterocycles. The first-order chi connectivity index (χ1) is 33.5. The molecule has 1 fully saturated rings. The first-order valence-corrected chi connectivity index (χ1v) is 22.2. The van der Waals surface area contributed by atoms with E-state index in [1.54, 1.807) is 75.9 Å². The van der Waals surface area contributed by atoms with Crippen molar-refractivity contribution in [3.8, 4) is 68.5 Å². The van der Waals surface area contributed by atoms with Crippen molar-refractivity contribution in [1.29, 1.82) is 0 Å². The zero-order valence-electron chi connectivity index (χ0n) is 38.1. The van der Waals surface area contributed by atoms with Crippen LogP contribution in [0.3, 0.4) is 0 Å². The van der Waals surface area contributed by atoms with Gasteiger partial charge in [0, 0.05) is 84.7 Å². The Morgan fingerprint density at radius 2 is 1.39 bits per heavy atom. The number of carbonyl (C=O) groups excluding carboxylic acids is 1. The fraction of sp³-hybridized carbons (Fsp3) is 0.312. The summed E-state index contributed by atoms with van der Waals surface area (Å²) >= 11 is 0. The average molecular weight is 941 g/mol. The van der Waals surface area contributed by atoms with Crippen LogP contribution in [-0.4, -0.2) is 104 Å². The number of amides is 1. The van der Waals surface area contributed by atoms with Crippen molar-refractivity contribution in [1.82, 2.24) is 55.5 Å². The molecule has 8 aromatic rings. The van der Waals surface area contributed by atoms with Crippen molar-refractivity contribution < 1.29 is 43.0 Å². The minimum Gasteiger partial charge on any atom is -0.444 e. The number of aromatic nitrogens is 10. The van der Waals surface area contributed by atoms with Crippen LogP contribution < -0.4 is 20.5 Å². The number of nitrogens with two attached hydrogens (primary N) is 1. The minimum absolute atomic E-state index is 0.0523. The molecule has 1 unspecified atom stereocenters. The molecule has 1 aliphatic rings. The number of aliphatic hydroxyl groups is 2. The number of aliphatic hydroxyl groups excluding tert-OH is 2. The van der Waals surface area contributed by atoms with Crippen molar-refractivity contribution in [2.45, 2.75) is 76.8 Å². The smallest absolute Gasteiger partial charge is 0.407 e. The van der Waals surface area contributed by atoms with Gasteiger partial charge in [0.25, 0.3) is 0 Å². The van der Waals surface area contributed by atoms with Gasteiger partial charge in [-0.2, -0.15) is 20.2 Å². The quantitative estimate of drug-likeness (QED) is 0.0646. The molecule has 69 heavy (non-hydrogen) atoms. The summed E-state index contributed by atoms with van der Waals surface area (Å²) in [4.78, 5) is 29.5. The molecule has 2 aromatic carbocycles. The maximum absolute atomic E-state index is 12.0. The number of carbonyl (C=O) groups is 1. The molecule has 0 bridgehead atoms. The molecule has 9 rings (SSSR count). The average Bonchev–Trinajstić information content (AvgIpc) is 4.22. The number of nitrogens with zero attached hydrogens (tertiary/aromatic N) is 9. The third kappa shape index (κ3) is 13.2. The lowest BCUT2D eigenvalue weighted by Gasteiger charge is -2.24. The van der Waals surface area contributed by atoms with Crippen LogP contribution in [0.5, 0.6) is 23.3 Å². The number of hydrogen-bond acceptors (Lipinski definition) is 18. The first kappa shape index (κ1) is 47.6. The summed E-state index contributed by atoms with van der Waals surface area (Å²) in [5.74, 6) is 3.66. The van der Waals surface area contributed by atoms with E-state index in [0.717, 1.165) is 59.5 Å². The normalized spacial score (nSPS) is 14.6. The van der Waals surface area contributed by atoms with Crippen molar-refractivity contribution in [2.75, 3.05) is 19.8 Å². The molecule has 7 heterocycles. The summed E-state index contributed by atoms with van der Waals surface area (Å²) < 4.78 is 35.2. The number of benzene rings is 2. The molecule has 1 saturated heterocycles. The molecule has 0 radical (unpaired) electrons. The van der Waals surface area contributed by atoms with Crippen molar-refractivity contribution in [3.63, 3.8) is 0 Å². The van der Waals surface area contributed by atoms with Gasteiger partial charge in [-0.1, -0.05) is 10.3 Å². The Morgan fingerprint density at radius 3 is 1.91 bits per heavy atom. The van der Waals surface area contributed by atoms with Gasteiger partial charge >= 0.3 is 6.09 Å². The Kier molecular flexibility index (Phi) is 15.4. The van der Waals surface area contributed by atoms with Crippen LogP contribution in [0.25, 0.3) is 45.3 Å². The fourth-order valence-electron chi connectivity index (χ4n) is 6.93. The fourth-order valence-corrected chi connectivity index (χ4v) is 6.93. The molecule has 6 N–H and O–H groups in total. The Bertz CT molecular complexity index is 2820. The van der Waals surface area contributed by atoms with Gasteiger partial charge in [-0.05, 0) is 113 Å².